The first kappa shape index (κ1) is 22.8. The quantitative estimate of drug-likeness (QED) is 0.624. The molecule has 1 amide bonds. The van der Waals surface area contributed by atoms with E-state index in [0.717, 1.165) is 10.2 Å². The number of benzene rings is 2. The molecule has 1 fully saturated rings. The third-order valence-electron chi connectivity index (χ3n) is 5.08. The topological polar surface area (TPSA) is 111 Å². The number of carbonyl (C=O) groups is 2. The van der Waals surface area contributed by atoms with Crippen LogP contribution in [0.15, 0.2) is 48.5 Å². The summed E-state index contributed by atoms with van der Waals surface area (Å²) in [5.41, 5.74) is 0.951. The van der Waals surface area contributed by atoms with Crippen molar-refractivity contribution < 1.29 is 22.7 Å². The minimum atomic E-state index is -3.39. The number of carbonyl (C=O) groups excluding carboxylic acids is 2. The Bertz CT molecular complexity index is 1310. The lowest BCUT2D eigenvalue weighted by Gasteiger charge is -2.19. The standard InChI is InChI=1S/C23H26N4O5S/c1-23(2,3)32-22(29)27-19-11-10-17(26-12-7-13-33(26,30)31)15-18(19)21(25-27)24-20(28)14-16-8-5-4-6-9-16/h4-6,8-11,15H,7,12-14H2,1-3H3,(H,24,25,28). The van der Waals surface area contributed by atoms with Gasteiger partial charge in [0.1, 0.15) is 5.60 Å². The first-order chi connectivity index (χ1) is 15.5. The van der Waals surface area contributed by atoms with Gasteiger partial charge in [0.05, 0.1) is 23.4 Å². The lowest BCUT2D eigenvalue weighted by molar-refractivity contribution is -0.115. The number of fused-ring (bicyclic) bond motifs is 1. The molecule has 0 saturated carbocycles. The van der Waals surface area contributed by atoms with Gasteiger partial charge in [-0.3, -0.25) is 9.10 Å². The Hall–Kier alpha value is -3.40. The molecule has 0 bridgehead atoms. The maximum atomic E-state index is 12.8. The van der Waals surface area contributed by atoms with Gasteiger partial charge in [-0.15, -0.1) is 5.10 Å². The molecule has 0 spiro atoms. The van der Waals surface area contributed by atoms with Crippen molar-refractivity contribution in [2.24, 2.45) is 0 Å². The van der Waals surface area contributed by atoms with Crippen LogP contribution in [0.5, 0.6) is 0 Å². The molecule has 10 heteroatoms. The number of ether oxygens (including phenoxy) is 1. The zero-order valence-corrected chi connectivity index (χ0v) is 19.6. The molecule has 0 unspecified atom stereocenters. The second kappa shape index (κ2) is 8.51. The smallest absolute Gasteiger partial charge is 0.435 e. The summed E-state index contributed by atoms with van der Waals surface area (Å²) in [5, 5.41) is 7.51. The maximum Gasteiger partial charge on any atom is 0.435 e. The van der Waals surface area contributed by atoms with Gasteiger partial charge in [-0.25, -0.2) is 13.2 Å². The summed E-state index contributed by atoms with van der Waals surface area (Å²) < 4.78 is 32.7. The van der Waals surface area contributed by atoms with Gasteiger partial charge in [-0.05, 0) is 51.0 Å². The molecule has 0 aliphatic carbocycles. The van der Waals surface area contributed by atoms with E-state index in [4.69, 9.17) is 4.74 Å². The number of sulfonamides is 1. The van der Waals surface area contributed by atoms with Crippen molar-refractivity contribution in [3.05, 3.63) is 54.1 Å². The van der Waals surface area contributed by atoms with Crippen LogP contribution in [-0.2, 0) is 26.0 Å². The molecule has 0 atom stereocenters. The van der Waals surface area contributed by atoms with Crippen molar-refractivity contribution >= 4 is 44.4 Å². The van der Waals surface area contributed by atoms with Gasteiger partial charge in [-0.1, -0.05) is 30.3 Å². The van der Waals surface area contributed by atoms with Gasteiger partial charge in [0.15, 0.2) is 5.82 Å². The minimum absolute atomic E-state index is 0.0862. The van der Waals surface area contributed by atoms with Gasteiger partial charge < -0.3 is 10.1 Å². The van der Waals surface area contributed by atoms with Crippen molar-refractivity contribution in [2.45, 2.75) is 39.2 Å². The van der Waals surface area contributed by atoms with E-state index in [1.807, 2.05) is 30.3 Å². The summed E-state index contributed by atoms with van der Waals surface area (Å²) in [5.74, 6) is -0.0607. The number of anilines is 2. The van der Waals surface area contributed by atoms with E-state index in [0.29, 0.717) is 29.6 Å². The average molecular weight is 471 g/mol. The van der Waals surface area contributed by atoms with Gasteiger partial charge in [0.2, 0.25) is 15.9 Å². The van der Waals surface area contributed by atoms with E-state index in [2.05, 4.69) is 10.4 Å². The Balaban J connectivity index is 1.73. The first-order valence-corrected chi connectivity index (χ1v) is 12.2. The zero-order valence-electron chi connectivity index (χ0n) is 18.7. The molecule has 1 aromatic heterocycles. The number of hydrogen-bond acceptors (Lipinski definition) is 6. The third-order valence-corrected chi connectivity index (χ3v) is 6.95. The molecule has 0 radical (unpaired) electrons. The van der Waals surface area contributed by atoms with Crippen LogP contribution in [0.1, 0.15) is 32.8 Å². The second-order valence-corrected chi connectivity index (χ2v) is 10.9. The van der Waals surface area contributed by atoms with Crippen LogP contribution in [-0.4, -0.2) is 48.1 Å². The van der Waals surface area contributed by atoms with Crippen LogP contribution in [0.4, 0.5) is 16.3 Å². The highest BCUT2D eigenvalue weighted by atomic mass is 32.2. The highest BCUT2D eigenvalue weighted by Gasteiger charge is 2.30. The van der Waals surface area contributed by atoms with E-state index in [1.165, 1.54) is 4.31 Å². The van der Waals surface area contributed by atoms with Gasteiger partial charge in [-0.2, -0.15) is 4.68 Å². The second-order valence-electron chi connectivity index (χ2n) is 8.89. The molecular weight excluding hydrogens is 444 g/mol. The van der Waals surface area contributed by atoms with Gasteiger partial charge in [0, 0.05) is 11.9 Å². The van der Waals surface area contributed by atoms with Crippen molar-refractivity contribution in [1.29, 1.82) is 0 Å². The molecule has 3 aromatic rings. The third kappa shape index (κ3) is 5.00. The van der Waals surface area contributed by atoms with Crippen molar-refractivity contribution in [3.8, 4) is 0 Å². The summed E-state index contributed by atoms with van der Waals surface area (Å²) in [6, 6.07) is 14.1. The monoisotopic (exact) mass is 470 g/mol. The average Bonchev–Trinajstić information content (AvgIpc) is 3.26. The first-order valence-electron chi connectivity index (χ1n) is 10.6. The zero-order chi connectivity index (χ0) is 23.8. The number of nitrogens with one attached hydrogen (secondary N) is 1. The number of amides is 1. The Morgan fingerprint density at radius 3 is 2.48 bits per heavy atom. The maximum absolute atomic E-state index is 12.8. The summed E-state index contributed by atoms with van der Waals surface area (Å²) in [6.07, 6.45) is -0.0300. The molecule has 1 aliphatic rings. The Morgan fingerprint density at radius 2 is 1.85 bits per heavy atom. The predicted molar refractivity (Wildman–Crippen MR) is 126 cm³/mol. The van der Waals surface area contributed by atoms with Crippen LogP contribution in [0.2, 0.25) is 0 Å². The molecular formula is C23H26N4O5S. The summed E-state index contributed by atoms with van der Waals surface area (Å²) >= 11 is 0. The molecule has 1 saturated heterocycles. The van der Waals surface area contributed by atoms with E-state index in [1.54, 1.807) is 39.0 Å². The molecule has 1 N–H and O–H groups in total. The van der Waals surface area contributed by atoms with Crippen LogP contribution in [0.25, 0.3) is 10.9 Å². The van der Waals surface area contributed by atoms with Gasteiger partial charge in [0.25, 0.3) is 0 Å². The van der Waals surface area contributed by atoms with Crippen LogP contribution in [0, 0.1) is 0 Å². The highest BCUT2D eigenvalue weighted by molar-refractivity contribution is 7.93. The minimum Gasteiger partial charge on any atom is -0.442 e. The summed E-state index contributed by atoms with van der Waals surface area (Å²) in [7, 11) is -3.39. The van der Waals surface area contributed by atoms with Crippen LogP contribution >= 0.6 is 0 Å². The fraction of sp³-hybridized carbons (Fsp3) is 0.348. The lowest BCUT2D eigenvalue weighted by atomic mass is 10.1. The molecule has 9 nitrogen and oxygen atoms in total. The number of aromatic nitrogens is 2. The molecule has 174 valence electrons. The molecule has 2 aromatic carbocycles. The van der Waals surface area contributed by atoms with E-state index >= 15 is 0 Å². The van der Waals surface area contributed by atoms with Crippen molar-refractivity contribution in [1.82, 2.24) is 9.78 Å². The number of nitrogens with zero attached hydrogens (tertiary/aromatic N) is 3. The van der Waals surface area contributed by atoms with E-state index in [-0.39, 0.29) is 23.9 Å². The lowest BCUT2D eigenvalue weighted by Crippen LogP contribution is -2.28. The van der Waals surface area contributed by atoms with Crippen molar-refractivity contribution in [3.63, 3.8) is 0 Å². The molecule has 2 heterocycles. The van der Waals surface area contributed by atoms with Crippen LogP contribution < -0.4 is 9.62 Å². The largest absolute Gasteiger partial charge is 0.442 e. The SMILES string of the molecule is CC(C)(C)OC(=O)n1nc(NC(=O)Cc2ccccc2)c2cc(N3CCCS3(=O)=O)ccc21. The Labute approximate surface area is 192 Å². The molecule has 4 rings (SSSR count). The van der Waals surface area contributed by atoms with E-state index in [9.17, 15) is 18.0 Å². The normalized spacial score (nSPS) is 15.5. The summed E-state index contributed by atoms with van der Waals surface area (Å²) in [6.45, 7) is 5.62. The molecule has 33 heavy (non-hydrogen) atoms. The van der Waals surface area contributed by atoms with Crippen LogP contribution in [0.3, 0.4) is 0 Å². The van der Waals surface area contributed by atoms with E-state index < -0.39 is 21.7 Å². The van der Waals surface area contributed by atoms with Crippen molar-refractivity contribution in [2.75, 3.05) is 21.9 Å². The molecule has 1 aliphatic heterocycles. The number of rotatable bonds is 4. The fourth-order valence-corrected chi connectivity index (χ4v) is 5.24. The Kier molecular flexibility index (Phi) is 5.87. The fourth-order valence-electron chi connectivity index (χ4n) is 3.68. The summed E-state index contributed by atoms with van der Waals surface area (Å²) in [4.78, 5) is 25.5. The Morgan fingerprint density at radius 1 is 1.12 bits per heavy atom. The van der Waals surface area contributed by atoms with Gasteiger partial charge >= 0.3 is 6.09 Å². The predicted octanol–water partition coefficient (Wildman–Crippen LogP) is 3.54. The highest BCUT2D eigenvalue weighted by Crippen LogP contribution is 2.31. The number of hydrogen-bond donors (Lipinski definition) is 1.